The van der Waals surface area contributed by atoms with Crippen molar-refractivity contribution >= 4 is 22.9 Å². The van der Waals surface area contributed by atoms with Gasteiger partial charge in [-0.1, -0.05) is 18.2 Å². The summed E-state index contributed by atoms with van der Waals surface area (Å²) in [6.45, 7) is 0. The maximum atomic E-state index is 5.90. The first-order valence-corrected chi connectivity index (χ1v) is 7.55. The first-order chi connectivity index (χ1) is 11.8. The van der Waals surface area contributed by atoms with Gasteiger partial charge in [-0.3, -0.25) is 4.98 Å². The summed E-state index contributed by atoms with van der Waals surface area (Å²) >= 11 is 0. The molecular formula is C18H12N6. The Morgan fingerprint density at radius 1 is 0.917 bits per heavy atom. The lowest BCUT2D eigenvalue weighted by molar-refractivity contribution is 0.920. The average molecular weight is 312 g/mol. The zero-order valence-corrected chi connectivity index (χ0v) is 12.6. The predicted molar refractivity (Wildman–Crippen MR) is 92.4 cm³/mol. The molecule has 1 aliphatic rings. The lowest BCUT2D eigenvalue weighted by Crippen LogP contribution is -2.05. The molecule has 0 aliphatic carbocycles. The van der Waals surface area contributed by atoms with Crippen molar-refractivity contribution in [3.8, 4) is 11.3 Å². The molecule has 0 fully saturated rings. The summed E-state index contributed by atoms with van der Waals surface area (Å²) in [4.78, 5) is 13.5. The minimum Gasteiger partial charge on any atom is -0.367 e. The van der Waals surface area contributed by atoms with Crippen LogP contribution >= 0.6 is 0 Å². The maximum absolute atomic E-state index is 5.90. The van der Waals surface area contributed by atoms with Crippen LogP contribution in [0.15, 0.2) is 66.0 Å². The lowest BCUT2D eigenvalue weighted by Gasteiger charge is -2.06. The lowest BCUT2D eigenvalue weighted by atomic mass is 10.0. The van der Waals surface area contributed by atoms with E-state index < -0.39 is 0 Å². The van der Waals surface area contributed by atoms with Crippen LogP contribution in [0.4, 0.5) is 11.6 Å². The van der Waals surface area contributed by atoms with E-state index >= 15 is 0 Å². The monoisotopic (exact) mass is 312 g/mol. The summed E-state index contributed by atoms with van der Waals surface area (Å²) < 4.78 is 1.77. The zero-order valence-electron chi connectivity index (χ0n) is 12.6. The van der Waals surface area contributed by atoms with Crippen LogP contribution in [0, 0.1) is 0 Å². The summed E-state index contributed by atoms with van der Waals surface area (Å²) in [5, 5.41) is 4.30. The van der Waals surface area contributed by atoms with Gasteiger partial charge in [-0.2, -0.15) is 0 Å². The molecule has 0 bridgehead atoms. The molecule has 6 heteroatoms. The molecule has 2 N–H and O–H groups in total. The molecule has 0 spiro atoms. The van der Waals surface area contributed by atoms with Crippen LogP contribution in [0.3, 0.4) is 0 Å². The number of hydrogen-bond donors (Lipinski definition) is 1. The average Bonchev–Trinajstić information content (AvgIpc) is 2.97. The number of nitrogen functional groups attached to an aromatic ring is 1. The number of hydrogen-bond acceptors (Lipinski definition) is 5. The maximum Gasteiger partial charge on any atom is 0.238 e. The van der Waals surface area contributed by atoms with E-state index in [0.29, 0.717) is 0 Å². The van der Waals surface area contributed by atoms with Gasteiger partial charge < -0.3 is 5.73 Å². The smallest absolute Gasteiger partial charge is 0.238 e. The minimum atomic E-state index is 0.238. The van der Waals surface area contributed by atoms with Crippen molar-refractivity contribution in [1.82, 2.24) is 19.6 Å². The van der Waals surface area contributed by atoms with Gasteiger partial charge in [0.1, 0.15) is 11.2 Å². The summed E-state index contributed by atoms with van der Waals surface area (Å²) in [5.74, 6) is 0.238. The van der Waals surface area contributed by atoms with Crippen molar-refractivity contribution in [2.24, 2.45) is 4.99 Å². The van der Waals surface area contributed by atoms with Gasteiger partial charge in [-0.25, -0.2) is 14.5 Å². The number of nitrogens with zero attached hydrogens (tertiary/aromatic N) is 5. The second-order valence-electron chi connectivity index (χ2n) is 5.55. The normalized spacial score (nSPS) is 12.6. The highest BCUT2D eigenvalue weighted by Gasteiger charge is 2.23. The number of pyridine rings is 1. The second-order valence-corrected chi connectivity index (χ2v) is 5.55. The third-order valence-corrected chi connectivity index (χ3v) is 4.13. The van der Waals surface area contributed by atoms with Crippen molar-refractivity contribution in [2.75, 3.05) is 5.73 Å². The van der Waals surface area contributed by atoms with Crippen molar-refractivity contribution in [3.63, 3.8) is 0 Å². The number of anilines is 1. The Balaban J connectivity index is 1.95. The van der Waals surface area contributed by atoms with Crippen molar-refractivity contribution in [2.45, 2.75) is 0 Å². The molecular weight excluding hydrogens is 300 g/mol. The minimum absolute atomic E-state index is 0.238. The zero-order chi connectivity index (χ0) is 16.1. The van der Waals surface area contributed by atoms with Gasteiger partial charge in [0.05, 0.1) is 11.4 Å². The molecule has 6 nitrogen and oxygen atoms in total. The van der Waals surface area contributed by atoms with Crippen LogP contribution in [0.2, 0.25) is 0 Å². The van der Waals surface area contributed by atoms with Crippen molar-refractivity contribution in [1.29, 1.82) is 0 Å². The van der Waals surface area contributed by atoms with Crippen LogP contribution in [0.25, 0.3) is 16.8 Å². The van der Waals surface area contributed by atoms with Gasteiger partial charge in [-0.15, -0.1) is 5.10 Å². The van der Waals surface area contributed by atoms with E-state index in [1.165, 1.54) is 0 Å². The molecule has 24 heavy (non-hydrogen) atoms. The molecule has 0 saturated carbocycles. The number of rotatable bonds is 1. The highest BCUT2D eigenvalue weighted by Crippen LogP contribution is 2.37. The van der Waals surface area contributed by atoms with Crippen LogP contribution < -0.4 is 5.73 Å². The van der Waals surface area contributed by atoms with E-state index in [1.54, 1.807) is 16.9 Å². The third kappa shape index (κ3) is 1.77. The Bertz CT molecular complexity index is 1110. The highest BCUT2D eigenvalue weighted by molar-refractivity contribution is 6.20. The Kier molecular flexibility index (Phi) is 2.55. The molecule has 1 aromatic carbocycles. The largest absolute Gasteiger partial charge is 0.367 e. The van der Waals surface area contributed by atoms with Gasteiger partial charge in [0.15, 0.2) is 0 Å². The van der Waals surface area contributed by atoms with E-state index in [4.69, 9.17) is 10.7 Å². The fourth-order valence-corrected chi connectivity index (χ4v) is 3.10. The van der Waals surface area contributed by atoms with Crippen LogP contribution in [-0.2, 0) is 0 Å². The quantitative estimate of drug-likeness (QED) is 0.516. The summed E-state index contributed by atoms with van der Waals surface area (Å²) in [6, 6.07) is 13.8. The van der Waals surface area contributed by atoms with Crippen molar-refractivity contribution < 1.29 is 0 Å². The Morgan fingerprint density at radius 3 is 2.62 bits per heavy atom. The van der Waals surface area contributed by atoms with E-state index in [1.807, 2.05) is 48.7 Å². The molecule has 0 atom stereocenters. The number of aromatic nitrogens is 4. The van der Waals surface area contributed by atoms with Gasteiger partial charge >= 0.3 is 0 Å². The second kappa shape index (κ2) is 4.73. The fourth-order valence-electron chi connectivity index (χ4n) is 3.10. The topological polar surface area (TPSA) is 81.5 Å². The molecule has 5 rings (SSSR count). The van der Waals surface area contributed by atoms with Crippen LogP contribution in [0.1, 0.15) is 11.1 Å². The molecule has 0 radical (unpaired) electrons. The number of aliphatic imine (C=N–C) groups is 1. The van der Waals surface area contributed by atoms with Gasteiger partial charge in [0.25, 0.3) is 0 Å². The first-order valence-electron chi connectivity index (χ1n) is 7.55. The van der Waals surface area contributed by atoms with Crippen molar-refractivity contribution in [3.05, 3.63) is 72.2 Å². The van der Waals surface area contributed by atoms with Crippen LogP contribution in [0.5, 0.6) is 0 Å². The Morgan fingerprint density at radius 2 is 1.75 bits per heavy atom. The summed E-state index contributed by atoms with van der Waals surface area (Å²) in [5.41, 5.74) is 12.3. The summed E-state index contributed by atoms with van der Waals surface area (Å²) in [7, 11) is 0. The van der Waals surface area contributed by atoms with Gasteiger partial charge in [-0.05, 0) is 24.3 Å². The van der Waals surface area contributed by atoms with E-state index in [-0.39, 0.29) is 5.95 Å². The van der Waals surface area contributed by atoms with Gasteiger partial charge in [0, 0.05) is 35.3 Å². The Hall–Kier alpha value is -3.54. The molecule has 114 valence electrons. The molecule has 4 aromatic rings. The molecule has 1 aliphatic heterocycles. The molecule has 3 aromatic heterocycles. The fraction of sp³-hybridized carbons (Fsp3) is 0. The van der Waals surface area contributed by atoms with E-state index in [2.05, 4.69) is 15.1 Å². The highest BCUT2D eigenvalue weighted by atomic mass is 15.3. The molecule has 0 unspecified atom stereocenters. The third-order valence-electron chi connectivity index (χ3n) is 4.13. The van der Waals surface area contributed by atoms with E-state index in [0.717, 1.165) is 39.3 Å². The predicted octanol–water partition coefficient (Wildman–Crippen LogP) is 2.86. The number of nitrogens with two attached hydrogens (primary N) is 1. The number of benzene rings is 1. The number of para-hydroxylation sites is 1. The Labute approximate surface area is 137 Å². The first kappa shape index (κ1) is 13.0. The SMILES string of the molecule is Nc1nc2c3c(ccn3n1)C(c1ccncc1)=Nc1ccccc1-2. The molecule has 0 amide bonds. The van der Waals surface area contributed by atoms with Gasteiger partial charge in [0.2, 0.25) is 5.95 Å². The standard InChI is InChI=1S/C18H12N6/c19-18-22-16-12-3-1-2-4-14(12)21-15(11-5-8-20-9-6-11)13-7-10-24(23-18)17(13)16/h1-10H,(H2,19,23). The number of fused-ring (bicyclic) bond motifs is 2. The molecule has 0 saturated heterocycles. The molecule has 4 heterocycles. The van der Waals surface area contributed by atoms with E-state index in [9.17, 15) is 0 Å². The summed E-state index contributed by atoms with van der Waals surface area (Å²) in [6.07, 6.45) is 5.42. The van der Waals surface area contributed by atoms with Crippen LogP contribution in [-0.4, -0.2) is 25.3 Å².